The minimum Gasteiger partial charge on any atom is -0.478 e. The lowest BCUT2D eigenvalue weighted by molar-refractivity contribution is 0.0698. The highest BCUT2D eigenvalue weighted by molar-refractivity contribution is 5.99. The maximum absolute atomic E-state index is 11.6. The van der Waals surface area contributed by atoms with Crippen LogP contribution in [-0.2, 0) is 6.54 Å². The summed E-state index contributed by atoms with van der Waals surface area (Å²) in [5.74, 6) is -0.604. The number of para-hydroxylation sites is 1. The number of anilines is 1. The molecule has 7 heteroatoms. The lowest BCUT2D eigenvalue weighted by Gasteiger charge is -2.08. The lowest BCUT2D eigenvalue weighted by Crippen LogP contribution is -2.28. The van der Waals surface area contributed by atoms with E-state index in [2.05, 4.69) is 15.8 Å². The molecule has 7 nitrogen and oxygen atoms in total. The summed E-state index contributed by atoms with van der Waals surface area (Å²) >= 11 is 0. The van der Waals surface area contributed by atoms with Gasteiger partial charge in [-0.05, 0) is 12.1 Å². The fourth-order valence-electron chi connectivity index (χ4n) is 1.45. The molecule has 19 heavy (non-hydrogen) atoms. The second-order valence-corrected chi connectivity index (χ2v) is 3.64. The molecule has 2 aromatic rings. The van der Waals surface area contributed by atoms with Crippen molar-refractivity contribution in [3.05, 3.63) is 47.9 Å². The van der Waals surface area contributed by atoms with Gasteiger partial charge in [0, 0.05) is 6.07 Å². The van der Waals surface area contributed by atoms with Crippen LogP contribution in [0.1, 0.15) is 16.1 Å². The second kappa shape index (κ2) is 5.67. The van der Waals surface area contributed by atoms with Gasteiger partial charge < -0.3 is 20.3 Å². The molecule has 98 valence electrons. The summed E-state index contributed by atoms with van der Waals surface area (Å²) in [6.45, 7) is 0.168. The van der Waals surface area contributed by atoms with Gasteiger partial charge in [0.05, 0.1) is 24.0 Å². The molecular formula is C12H11N3O4. The topological polar surface area (TPSA) is 104 Å². The zero-order chi connectivity index (χ0) is 13.7. The molecule has 0 aliphatic carbocycles. The number of rotatable bonds is 4. The number of carbonyl (C=O) groups excluding carboxylic acids is 1. The Balaban J connectivity index is 1.97. The predicted octanol–water partition coefficient (Wildman–Crippen LogP) is 1.69. The Morgan fingerprint density at radius 2 is 2.05 bits per heavy atom. The van der Waals surface area contributed by atoms with Crippen molar-refractivity contribution in [2.24, 2.45) is 0 Å². The van der Waals surface area contributed by atoms with Crippen LogP contribution < -0.4 is 10.6 Å². The summed E-state index contributed by atoms with van der Waals surface area (Å²) in [7, 11) is 0. The van der Waals surface area contributed by atoms with Crippen LogP contribution in [-0.4, -0.2) is 22.3 Å². The molecule has 0 aliphatic heterocycles. The molecule has 0 saturated carbocycles. The zero-order valence-electron chi connectivity index (χ0n) is 9.79. The molecule has 1 aromatic carbocycles. The van der Waals surface area contributed by atoms with Gasteiger partial charge in [0.25, 0.3) is 0 Å². The monoisotopic (exact) mass is 261 g/mol. The van der Waals surface area contributed by atoms with Crippen LogP contribution in [0.15, 0.2) is 41.1 Å². The Labute approximate surface area is 108 Å². The van der Waals surface area contributed by atoms with Crippen molar-refractivity contribution < 1.29 is 19.2 Å². The molecule has 0 fully saturated rings. The maximum atomic E-state index is 11.6. The number of hydrogen-bond donors (Lipinski definition) is 3. The number of aromatic carboxylic acids is 1. The number of carbonyl (C=O) groups is 2. The first-order valence-electron chi connectivity index (χ1n) is 5.43. The molecule has 0 spiro atoms. The first-order chi connectivity index (χ1) is 9.16. The number of amides is 2. The molecule has 0 unspecified atom stereocenters. The number of benzene rings is 1. The van der Waals surface area contributed by atoms with E-state index >= 15 is 0 Å². The molecule has 2 rings (SSSR count). The Kier molecular flexibility index (Phi) is 3.77. The Morgan fingerprint density at radius 1 is 1.26 bits per heavy atom. The van der Waals surface area contributed by atoms with Crippen LogP contribution in [0.2, 0.25) is 0 Å². The van der Waals surface area contributed by atoms with E-state index in [0.717, 1.165) is 0 Å². The summed E-state index contributed by atoms with van der Waals surface area (Å²) in [6, 6.07) is 7.24. The van der Waals surface area contributed by atoms with E-state index in [4.69, 9.17) is 9.63 Å². The maximum Gasteiger partial charge on any atom is 0.337 e. The van der Waals surface area contributed by atoms with E-state index in [9.17, 15) is 9.59 Å². The third-order valence-electron chi connectivity index (χ3n) is 2.32. The number of nitrogens with zero attached hydrogens (tertiary/aromatic N) is 1. The normalized spacial score (nSPS) is 9.89. The molecule has 0 radical (unpaired) electrons. The summed E-state index contributed by atoms with van der Waals surface area (Å²) in [5.41, 5.74) is 0.252. The number of aromatic nitrogens is 1. The van der Waals surface area contributed by atoms with E-state index in [1.54, 1.807) is 18.2 Å². The van der Waals surface area contributed by atoms with Gasteiger partial charge in [-0.25, -0.2) is 9.59 Å². The minimum absolute atomic E-state index is 0.0253. The number of carboxylic acid groups (broad SMARTS) is 1. The van der Waals surface area contributed by atoms with Crippen molar-refractivity contribution >= 4 is 17.7 Å². The molecule has 1 aromatic heterocycles. The third-order valence-corrected chi connectivity index (χ3v) is 2.32. The molecule has 2 amide bonds. The van der Waals surface area contributed by atoms with Crippen LogP contribution >= 0.6 is 0 Å². The van der Waals surface area contributed by atoms with Crippen LogP contribution in [0, 0.1) is 0 Å². The summed E-state index contributed by atoms with van der Waals surface area (Å²) in [4.78, 5) is 22.6. The highest BCUT2D eigenvalue weighted by atomic mass is 16.5. The first-order valence-corrected chi connectivity index (χ1v) is 5.43. The van der Waals surface area contributed by atoms with Crippen molar-refractivity contribution in [3.63, 3.8) is 0 Å². The van der Waals surface area contributed by atoms with Crippen molar-refractivity contribution in [3.8, 4) is 0 Å². The molecule has 0 atom stereocenters. The van der Waals surface area contributed by atoms with Crippen LogP contribution in [0.25, 0.3) is 0 Å². The summed E-state index contributed by atoms with van der Waals surface area (Å²) < 4.78 is 4.81. The Hall–Kier alpha value is -2.83. The van der Waals surface area contributed by atoms with E-state index in [1.807, 2.05) is 0 Å². The Morgan fingerprint density at radius 3 is 2.74 bits per heavy atom. The van der Waals surface area contributed by atoms with Crippen LogP contribution in [0.3, 0.4) is 0 Å². The second-order valence-electron chi connectivity index (χ2n) is 3.64. The van der Waals surface area contributed by atoms with E-state index in [1.165, 1.54) is 18.3 Å². The van der Waals surface area contributed by atoms with Crippen molar-refractivity contribution in [1.29, 1.82) is 0 Å². The average molecular weight is 261 g/mol. The summed E-state index contributed by atoms with van der Waals surface area (Å²) in [5, 5.41) is 17.4. The highest BCUT2D eigenvalue weighted by Crippen LogP contribution is 2.14. The lowest BCUT2D eigenvalue weighted by atomic mass is 10.2. The smallest absolute Gasteiger partial charge is 0.337 e. The molecule has 0 aliphatic rings. The number of nitrogens with one attached hydrogen (secondary N) is 2. The van der Waals surface area contributed by atoms with Crippen molar-refractivity contribution in [2.75, 3.05) is 5.32 Å². The number of carboxylic acids is 1. The number of hydrogen-bond acceptors (Lipinski definition) is 4. The molecule has 0 bridgehead atoms. The fraction of sp³-hybridized carbons (Fsp3) is 0.0833. The van der Waals surface area contributed by atoms with E-state index < -0.39 is 12.0 Å². The molecule has 0 saturated heterocycles. The van der Waals surface area contributed by atoms with Gasteiger partial charge in [-0.3, -0.25) is 0 Å². The van der Waals surface area contributed by atoms with Gasteiger partial charge in [-0.1, -0.05) is 17.3 Å². The number of urea groups is 1. The third kappa shape index (κ3) is 3.32. The molecule has 1 heterocycles. The standard InChI is InChI=1S/C12H11N3O4/c16-11(17)9-3-1-2-4-10(9)15-12(18)13-7-8-5-6-14-19-8/h1-6H,7H2,(H,16,17)(H2,13,15,18). The Bertz CT molecular complexity index is 580. The summed E-state index contributed by atoms with van der Waals surface area (Å²) in [6.07, 6.45) is 1.47. The minimum atomic E-state index is -1.11. The van der Waals surface area contributed by atoms with Crippen molar-refractivity contribution in [1.82, 2.24) is 10.5 Å². The van der Waals surface area contributed by atoms with Crippen LogP contribution in [0.5, 0.6) is 0 Å². The van der Waals surface area contributed by atoms with Crippen molar-refractivity contribution in [2.45, 2.75) is 6.54 Å². The van der Waals surface area contributed by atoms with E-state index in [-0.39, 0.29) is 17.8 Å². The first kappa shape index (κ1) is 12.6. The largest absolute Gasteiger partial charge is 0.478 e. The predicted molar refractivity (Wildman–Crippen MR) is 65.8 cm³/mol. The molecule has 3 N–H and O–H groups in total. The van der Waals surface area contributed by atoms with Gasteiger partial charge in [-0.15, -0.1) is 0 Å². The van der Waals surface area contributed by atoms with E-state index in [0.29, 0.717) is 5.76 Å². The van der Waals surface area contributed by atoms with Crippen LogP contribution in [0.4, 0.5) is 10.5 Å². The van der Waals surface area contributed by atoms with Gasteiger partial charge in [-0.2, -0.15) is 0 Å². The molecular weight excluding hydrogens is 250 g/mol. The quantitative estimate of drug-likeness (QED) is 0.776. The van der Waals surface area contributed by atoms with Gasteiger partial charge >= 0.3 is 12.0 Å². The van der Waals surface area contributed by atoms with Gasteiger partial charge in [0.1, 0.15) is 0 Å². The fourth-order valence-corrected chi connectivity index (χ4v) is 1.45. The van der Waals surface area contributed by atoms with Gasteiger partial charge in [0.2, 0.25) is 0 Å². The van der Waals surface area contributed by atoms with Gasteiger partial charge in [0.15, 0.2) is 5.76 Å². The highest BCUT2D eigenvalue weighted by Gasteiger charge is 2.11. The SMILES string of the molecule is O=C(NCc1ccno1)Nc1ccccc1C(=O)O. The average Bonchev–Trinajstić information content (AvgIpc) is 2.90. The zero-order valence-corrected chi connectivity index (χ0v) is 9.79.